The first-order chi connectivity index (χ1) is 20.0. The number of carbonyl (C=O) groups is 2. The van der Waals surface area contributed by atoms with Crippen molar-refractivity contribution in [3.63, 3.8) is 0 Å². The highest BCUT2D eigenvalue weighted by atomic mass is 16.2. The maximum Gasteiger partial charge on any atom is 0.274 e. The number of anilines is 4. The standard InChI is InChI=1S/C32H37N7O3/c1-21-26(8-7-9-27(21)36-31(41)22-10-13-25(14-11-22)38(4)5)24-18-28(32(42)39(6)20-24)35-29-15-12-23(19-34-29)30(40)33-16-17-37(2)3/h7-15,18-20H,16-17H2,1-6H3,(H,33,40)(H,34,35)(H,36,41). The molecule has 218 valence electrons. The van der Waals surface area contributed by atoms with Crippen molar-refractivity contribution < 1.29 is 9.59 Å². The molecular formula is C32H37N7O3. The number of hydrogen-bond donors (Lipinski definition) is 3. The molecule has 10 nitrogen and oxygen atoms in total. The number of likely N-dealkylation sites (N-methyl/N-ethyl adjacent to an activating group) is 1. The molecule has 2 heterocycles. The molecule has 0 aliphatic carbocycles. The summed E-state index contributed by atoms with van der Waals surface area (Å²) in [5.74, 6) is 0.0261. The maximum absolute atomic E-state index is 13.0. The van der Waals surface area contributed by atoms with Crippen molar-refractivity contribution in [3.05, 3.63) is 100 Å². The second kappa shape index (κ2) is 13.1. The Kier molecular flexibility index (Phi) is 9.39. The molecule has 0 unspecified atom stereocenters. The SMILES string of the molecule is Cc1c(NC(=O)c2ccc(N(C)C)cc2)cccc1-c1cc(Nc2ccc(C(=O)NCCN(C)C)cn2)c(=O)n(C)c1. The van der Waals surface area contributed by atoms with E-state index in [1.165, 1.54) is 10.8 Å². The quantitative estimate of drug-likeness (QED) is 0.265. The molecule has 0 spiro atoms. The molecule has 2 amide bonds. The zero-order chi connectivity index (χ0) is 30.4. The second-order valence-corrected chi connectivity index (χ2v) is 10.5. The topological polar surface area (TPSA) is 112 Å². The van der Waals surface area contributed by atoms with E-state index in [9.17, 15) is 14.4 Å². The minimum absolute atomic E-state index is 0.204. The van der Waals surface area contributed by atoms with E-state index >= 15 is 0 Å². The van der Waals surface area contributed by atoms with Crippen molar-refractivity contribution >= 4 is 34.7 Å². The van der Waals surface area contributed by atoms with Gasteiger partial charge in [-0.05, 0) is 80.7 Å². The van der Waals surface area contributed by atoms with Gasteiger partial charge in [-0.1, -0.05) is 12.1 Å². The molecule has 4 rings (SSSR count). The average molecular weight is 568 g/mol. The average Bonchev–Trinajstić information content (AvgIpc) is 2.96. The van der Waals surface area contributed by atoms with Crippen LogP contribution in [0.15, 0.2) is 77.9 Å². The molecule has 0 saturated carbocycles. The van der Waals surface area contributed by atoms with E-state index in [-0.39, 0.29) is 17.4 Å². The summed E-state index contributed by atoms with van der Waals surface area (Å²) < 4.78 is 1.50. The number of carbonyl (C=O) groups excluding carboxylic acids is 2. The Hall–Kier alpha value is -4.96. The number of aromatic nitrogens is 2. The number of nitrogens with one attached hydrogen (secondary N) is 3. The van der Waals surface area contributed by atoms with Gasteiger partial charge in [-0.25, -0.2) is 4.98 Å². The van der Waals surface area contributed by atoms with Crippen LogP contribution in [0.3, 0.4) is 0 Å². The number of pyridine rings is 2. The third kappa shape index (κ3) is 7.21. The molecule has 0 fully saturated rings. The lowest BCUT2D eigenvalue weighted by molar-refractivity contribution is 0.0950. The number of rotatable bonds is 10. The van der Waals surface area contributed by atoms with Gasteiger partial charge in [0.2, 0.25) is 0 Å². The van der Waals surface area contributed by atoms with E-state index in [4.69, 9.17) is 0 Å². The van der Waals surface area contributed by atoms with Crippen molar-refractivity contribution in [2.45, 2.75) is 6.92 Å². The molecule has 0 aliphatic heterocycles. The van der Waals surface area contributed by atoms with Crippen LogP contribution in [0.1, 0.15) is 26.3 Å². The minimum atomic E-state index is -0.227. The zero-order valence-electron chi connectivity index (χ0n) is 24.9. The summed E-state index contributed by atoms with van der Waals surface area (Å²) >= 11 is 0. The summed E-state index contributed by atoms with van der Waals surface area (Å²) in [5.41, 5.74) is 5.31. The molecule has 2 aromatic heterocycles. The summed E-state index contributed by atoms with van der Waals surface area (Å²) in [6.07, 6.45) is 3.24. The lowest BCUT2D eigenvalue weighted by atomic mass is 10.00. The third-order valence-corrected chi connectivity index (χ3v) is 6.86. The van der Waals surface area contributed by atoms with Crippen molar-refractivity contribution in [1.82, 2.24) is 19.8 Å². The van der Waals surface area contributed by atoms with Gasteiger partial charge >= 0.3 is 0 Å². The van der Waals surface area contributed by atoms with E-state index < -0.39 is 0 Å². The van der Waals surface area contributed by atoms with Gasteiger partial charge in [0.1, 0.15) is 11.5 Å². The molecule has 0 atom stereocenters. The summed E-state index contributed by atoms with van der Waals surface area (Å²) in [6.45, 7) is 3.20. The van der Waals surface area contributed by atoms with E-state index in [1.807, 2.05) is 75.2 Å². The molecular weight excluding hydrogens is 530 g/mol. The van der Waals surface area contributed by atoms with E-state index in [0.717, 1.165) is 28.9 Å². The molecule has 42 heavy (non-hydrogen) atoms. The fraction of sp³-hybridized carbons (Fsp3) is 0.250. The number of amides is 2. The molecule has 2 aromatic carbocycles. The number of aryl methyl sites for hydroxylation is 1. The van der Waals surface area contributed by atoms with Crippen LogP contribution >= 0.6 is 0 Å². The van der Waals surface area contributed by atoms with Crippen molar-refractivity contribution in [1.29, 1.82) is 0 Å². The largest absolute Gasteiger partial charge is 0.378 e. The fourth-order valence-electron chi connectivity index (χ4n) is 4.37. The van der Waals surface area contributed by atoms with Gasteiger partial charge in [0.25, 0.3) is 17.4 Å². The van der Waals surface area contributed by atoms with E-state index in [2.05, 4.69) is 20.9 Å². The summed E-state index contributed by atoms with van der Waals surface area (Å²) in [5, 5.41) is 8.96. The van der Waals surface area contributed by atoms with Gasteiger partial charge in [0.05, 0.1) is 5.56 Å². The molecule has 10 heteroatoms. The Labute approximate surface area is 246 Å². The smallest absolute Gasteiger partial charge is 0.274 e. The van der Waals surface area contributed by atoms with Crippen LogP contribution in [0.25, 0.3) is 11.1 Å². The Morgan fingerprint density at radius 1 is 0.905 bits per heavy atom. The van der Waals surface area contributed by atoms with Gasteiger partial charge in [-0.3, -0.25) is 14.4 Å². The molecule has 0 saturated heterocycles. The van der Waals surface area contributed by atoms with E-state index in [0.29, 0.717) is 34.9 Å². The van der Waals surface area contributed by atoms with Crippen LogP contribution in [-0.2, 0) is 7.05 Å². The Balaban J connectivity index is 1.53. The summed E-state index contributed by atoms with van der Waals surface area (Å²) in [7, 11) is 9.47. The van der Waals surface area contributed by atoms with Crippen molar-refractivity contribution in [3.8, 4) is 11.1 Å². The number of nitrogens with zero attached hydrogens (tertiary/aromatic N) is 4. The predicted molar refractivity (Wildman–Crippen MR) is 169 cm³/mol. The second-order valence-electron chi connectivity index (χ2n) is 10.5. The van der Waals surface area contributed by atoms with Gasteiger partial charge in [0.15, 0.2) is 0 Å². The van der Waals surface area contributed by atoms with Gasteiger partial charge in [0, 0.05) is 69.1 Å². The first-order valence-electron chi connectivity index (χ1n) is 13.6. The highest BCUT2D eigenvalue weighted by molar-refractivity contribution is 6.05. The molecule has 0 bridgehead atoms. The van der Waals surface area contributed by atoms with Crippen LogP contribution in [0.5, 0.6) is 0 Å². The Bertz CT molecular complexity index is 1630. The zero-order valence-corrected chi connectivity index (χ0v) is 24.9. The monoisotopic (exact) mass is 567 g/mol. The Morgan fingerprint density at radius 2 is 1.62 bits per heavy atom. The first kappa shape index (κ1) is 30.0. The van der Waals surface area contributed by atoms with Crippen molar-refractivity contribution in [2.75, 3.05) is 56.8 Å². The fourth-order valence-corrected chi connectivity index (χ4v) is 4.37. The van der Waals surface area contributed by atoms with Crippen molar-refractivity contribution in [2.24, 2.45) is 7.05 Å². The van der Waals surface area contributed by atoms with Crippen LogP contribution < -0.4 is 26.4 Å². The van der Waals surface area contributed by atoms with Gasteiger partial charge in [-0.15, -0.1) is 0 Å². The molecule has 3 N–H and O–H groups in total. The number of benzene rings is 2. The highest BCUT2D eigenvalue weighted by Crippen LogP contribution is 2.30. The van der Waals surface area contributed by atoms with Crippen LogP contribution in [-0.4, -0.2) is 67.5 Å². The third-order valence-electron chi connectivity index (χ3n) is 6.86. The predicted octanol–water partition coefficient (Wildman–Crippen LogP) is 4.11. The minimum Gasteiger partial charge on any atom is -0.378 e. The van der Waals surface area contributed by atoms with Crippen LogP contribution in [0.2, 0.25) is 0 Å². The lowest BCUT2D eigenvalue weighted by Crippen LogP contribution is -2.31. The van der Waals surface area contributed by atoms with E-state index in [1.54, 1.807) is 43.6 Å². The lowest BCUT2D eigenvalue weighted by Gasteiger charge is -2.16. The highest BCUT2D eigenvalue weighted by Gasteiger charge is 2.14. The van der Waals surface area contributed by atoms with Gasteiger partial charge in [-0.2, -0.15) is 0 Å². The molecule has 0 aliphatic rings. The molecule has 0 radical (unpaired) electrons. The van der Waals surface area contributed by atoms with Crippen LogP contribution in [0.4, 0.5) is 22.9 Å². The molecule has 4 aromatic rings. The first-order valence-corrected chi connectivity index (χ1v) is 13.6. The number of hydrogen-bond acceptors (Lipinski definition) is 7. The van der Waals surface area contributed by atoms with Gasteiger partial charge < -0.3 is 30.3 Å². The maximum atomic E-state index is 13.0. The Morgan fingerprint density at radius 3 is 2.26 bits per heavy atom. The summed E-state index contributed by atoms with van der Waals surface area (Å²) in [4.78, 5) is 46.6. The van der Waals surface area contributed by atoms with Crippen LogP contribution in [0, 0.1) is 6.92 Å². The normalized spacial score (nSPS) is 10.8. The summed E-state index contributed by atoms with van der Waals surface area (Å²) in [6, 6.07) is 18.2.